The molecule has 0 radical (unpaired) electrons. The van der Waals surface area contributed by atoms with Crippen LogP contribution >= 0.6 is 0 Å². The van der Waals surface area contributed by atoms with Gasteiger partial charge >= 0.3 is 0 Å². The summed E-state index contributed by atoms with van der Waals surface area (Å²) in [7, 11) is 4.04. The van der Waals surface area contributed by atoms with Crippen LogP contribution in [0.5, 0.6) is 0 Å². The molecular formula is C17H21FN2. The fourth-order valence-corrected chi connectivity index (χ4v) is 2.21. The molecule has 0 aliphatic heterocycles. The number of nitrogens with zero attached hydrogens (tertiary/aromatic N) is 1. The van der Waals surface area contributed by atoms with E-state index < -0.39 is 0 Å². The van der Waals surface area contributed by atoms with Crippen LogP contribution in [-0.2, 0) is 0 Å². The highest BCUT2D eigenvalue weighted by Gasteiger charge is 2.07. The number of hydrogen-bond acceptors (Lipinski definition) is 2. The second kappa shape index (κ2) is 5.95. The third kappa shape index (κ3) is 3.50. The van der Waals surface area contributed by atoms with E-state index in [1.807, 2.05) is 27.1 Å². The van der Waals surface area contributed by atoms with E-state index in [-0.39, 0.29) is 11.9 Å². The first kappa shape index (κ1) is 14.4. The highest BCUT2D eigenvalue weighted by Crippen LogP contribution is 2.23. The molecule has 0 bridgehead atoms. The van der Waals surface area contributed by atoms with E-state index in [9.17, 15) is 4.39 Å². The maximum atomic E-state index is 13.4. The first-order chi connectivity index (χ1) is 9.45. The van der Waals surface area contributed by atoms with Crippen molar-refractivity contribution in [2.75, 3.05) is 24.3 Å². The van der Waals surface area contributed by atoms with Crippen LogP contribution in [0.4, 0.5) is 15.8 Å². The summed E-state index contributed by atoms with van der Waals surface area (Å²) >= 11 is 0. The van der Waals surface area contributed by atoms with E-state index in [0.717, 1.165) is 11.3 Å². The van der Waals surface area contributed by atoms with Gasteiger partial charge in [0.2, 0.25) is 0 Å². The van der Waals surface area contributed by atoms with Crippen LogP contribution in [0.2, 0.25) is 0 Å². The number of nitrogens with one attached hydrogen (secondary N) is 1. The molecular weight excluding hydrogens is 251 g/mol. The summed E-state index contributed by atoms with van der Waals surface area (Å²) in [6.45, 7) is 3.97. The van der Waals surface area contributed by atoms with Crippen LogP contribution in [-0.4, -0.2) is 14.1 Å². The molecule has 0 amide bonds. The monoisotopic (exact) mass is 272 g/mol. The molecule has 106 valence electrons. The quantitative estimate of drug-likeness (QED) is 0.889. The zero-order chi connectivity index (χ0) is 14.7. The van der Waals surface area contributed by atoms with Crippen LogP contribution < -0.4 is 10.2 Å². The fourth-order valence-electron chi connectivity index (χ4n) is 2.21. The number of hydrogen-bond donors (Lipinski definition) is 1. The van der Waals surface area contributed by atoms with Gasteiger partial charge in [0.25, 0.3) is 0 Å². The molecule has 2 aromatic rings. The number of aryl methyl sites for hydroxylation is 1. The Kier molecular flexibility index (Phi) is 4.28. The van der Waals surface area contributed by atoms with Crippen molar-refractivity contribution in [2.45, 2.75) is 19.9 Å². The number of benzene rings is 2. The minimum atomic E-state index is -0.206. The van der Waals surface area contributed by atoms with Gasteiger partial charge in [0, 0.05) is 31.5 Å². The largest absolute Gasteiger partial charge is 0.378 e. The van der Waals surface area contributed by atoms with E-state index >= 15 is 0 Å². The molecule has 0 aliphatic carbocycles. The lowest BCUT2D eigenvalue weighted by Gasteiger charge is -2.18. The Morgan fingerprint density at radius 2 is 1.70 bits per heavy atom. The smallest absolute Gasteiger partial charge is 0.125 e. The van der Waals surface area contributed by atoms with Crippen molar-refractivity contribution in [3.05, 3.63) is 59.4 Å². The average Bonchev–Trinajstić information content (AvgIpc) is 2.37. The molecule has 2 rings (SSSR count). The maximum Gasteiger partial charge on any atom is 0.125 e. The van der Waals surface area contributed by atoms with E-state index in [1.54, 1.807) is 0 Å². The predicted molar refractivity (Wildman–Crippen MR) is 83.9 cm³/mol. The van der Waals surface area contributed by atoms with E-state index in [4.69, 9.17) is 0 Å². The number of rotatable bonds is 4. The summed E-state index contributed by atoms with van der Waals surface area (Å²) in [5, 5.41) is 3.33. The molecule has 0 heterocycles. The van der Waals surface area contributed by atoms with Gasteiger partial charge in [-0.25, -0.2) is 4.39 Å². The molecule has 3 heteroatoms. The lowest BCUT2D eigenvalue weighted by Crippen LogP contribution is -2.10. The summed E-state index contributed by atoms with van der Waals surface area (Å²) in [6, 6.07) is 13.5. The molecule has 0 saturated carbocycles. The van der Waals surface area contributed by atoms with Crippen molar-refractivity contribution in [1.82, 2.24) is 0 Å². The summed E-state index contributed by atoms with van der Waals surface area (Å²) < 4.78 is 13.4. The maximum absolute atomic E-state index is 13.4. The molecule has 20 heavy (non-hydrogen) atoms. The summed E-state index contributed by atoms with van der Waals surface area (Å²) in [6.07, 6.45) is 0. The Labute approximate surface area is 120 Å². The summed E-state index contributed by atoms with van der Waals surface area (Å²) in [5.41, 5.74) is 4.08. The van der Waals surface area contributed by atoms with Crippen LogP contribution in [0, 0.1) is 12.7 Å². The topological polar surface area (TPSA) is 15.3 Å². The van der Waals surface area contributed by atoms with Gasteiger partial charge in [-0.05, 0) is 55.3 Å². The minimum absolute atomic E-state index is 0.132. The third-order valence-corrected chi connectivity index (χ3v) is 3.33. The molecule has 1 atom stereocenters. The third-order valence-electron chi connectivity index (χ3n) is 3.33. The average molecular weight is 272 g/mol. The van der Waals surface area contributed by atoms with Gasteiger partial charge in [-0.15, -0.1) is 0 Å². The Morgan fingerprint density at radius 3 is 2.25 bits per heavy atom. The van der Waals surface area contributed by atoms with Crippen molar-refractivity contribution in [3.63, 3.8) is 0 Å². The molecule has 0 aliphatic rings. The molecule has 1 unspecified atom stereocenters. The lowest BCUT2D eigenvalue weighted by atomic mass is 10.1. The molecule has 0 saturated heterocycles. The van der Waals surface area contributed by atoms with Gasteiger partial charge in [-0.1, -0.05) is 12.1 Å². The molecule has 2 aromatic carbocycles. The summed E-state index contributed by atoms with van der Waals surface area (Å²) in [4.78, 5) is 2.07. The lowest BCUT2D eigenvalue weighted by molar-refractivity contribution is 0.626. The van der Waals surface area contributed by atoms with Crippen molar-refractivity contribution in [3.8, 4) is 0 Å². The van der Waals surface area contributed by atoms with Gasteiger partial charge in [-0.2, -0.15) is 0 Å². The normalized spacial score (nSPS) is 12.1. The SMILES string of the molecule is Cc1cc(F)cc(NC(C)c2ccc(N(C)C)cc2)c1. The van der Waals surface area contributed by atoms with Gasteiger partial charge in [-0.3, -0.25) is 0 Å². The highest BCUT2D eigenvalue weighted by molar-refractivity contribution is 5.50. The van der Waals surface area contributed by atoms with Gasteiger partial charge < -0.3 is 10.2 Å². The van der Waals surface area contributed by atoms with Crippen LogP contribution in [0.1, 0.15) is 24.1 Å². The first-order valence-electron chi connectivity index (χ1n) is 6.77. The van der Waals surface area contributed by atoms with Crippen molar-refractivity contribution >= 4 is 11.4 Å². The van der Waals surface area contributed by atoms with Crippen molar-refractivity contribution < 1.29 is 4.39 Å². The Morgan fingerprint density at radius 1 is 1.05 bits per heavy atom. The van der Waals surface area contributed by atoms with Gasteiger partial charge in [0.15, 0.2) is 0 Å². The molecule has 2 nitrogen and oxygen atoms in total. The zero-order valence-corrected chi connectivity index (χ0v) is 12.4. The molecule has 1 N–H and O–H groups in total. The van der Waals surface area contributed by atoms with Crippen molar-refractivity contribution in [1.29, 1.82) is 0 Å². The van der Waals surface area contributed by atoms with Gasteiger partial charge in [0.1, 0.15) is 5.82 Å². The summed E-state index contributed by atoms with van der Waals surface area (Å²) in [5.74, 6) is -0.206. The number of anilines is 2. The molecule has 0 aromatic heterocycles. The van der Waals surface area contributed by atoms with Crippen LogP contribution in [0.25, 0.3) is 0 Å². The molecule has 0 spiro atoms. The Balaban J connectivity index is 2.13. The Hall–Kier alpha value is -2.03. The zero-order valence-electron chi connectivity index (χ0n) is 12.4. The second-order valence-electron chi connectivity index (χ2n) is 5.37. The number of halogens is 1. The standard InChI is InChI=1S/C17H21FN2/c1-12-9-15(18)11-16(10-12)19-13(2)14-5-7-17(8-6-14)20(3)4/h5-11,13,19H,1-4H3. The predicted octanol–water partition coefficient (Wildman–Crippen LogP) is 4.37. The molecule has 0 fully saturated rings. The first-order valence-corrected chi connectivity index (χ1v) is 6.77. The highest BCUT2D eigenvalue weighted by atomic mass is 19.1. The van der Waals surface area contributed by atoms with Crippen molar-refractivity contribution in [2.24, 2.45) is 0 Å². The minimum Gasteiger partial charge on any atom is -0.378 e. The van der Waals surface area contributed by atoms with E-state index in [0.29, 0.717) is 0 Å². The fraction of sp³-hybridized carbons (Fsp3) is 0.294. The van der Waals surface area contributed by atoms with Crippen LogP contribution in [0.3, 0.4) is 0 Å². The Bertz CT molecular complexity index is 556. The van der Waals surface area contributed by atoms with Crippen LogP contribution in [0.15, 0.2) is 42.5 Å². The van der Waals surface area contributed by atoms with Gasteiger partial charge in [0.05, 0.1) is 0 Å². The van der Waals surface area contributed by atoms with E-state index in [2.05, 4.69) is 41.4 Å². The second-order valence-corrected chi connectivity index (χ2v) is 5.37. The van der Waals surface area contributed by atoms with E-state index in [1.165, 1.54) is 23.4 Å².